The maximum absolute atomic E-state index is 4.72. The molecule has 0 saturated carbocycles. The Morgan fingerprint density at radius 1 is 0.879 bits per heavy atom. The SMILES string of the molecule is CC(C)c1cnc(N2CCN(c3nnc(Cc4ccccc4)c4ccccc34)CC2C)cn1. The summed E-state index contributed by atoms with van der Waals surface area (Å²) in [6, 6.07) is 19.3. The molecule has 0 bridgehead atoms. The average molecular weight is 439 g/mol. The minimum atomic E-state index is 0.294. The smallest absolute Gasteiger partial charge is 0.159 e. The summed E-state index contributed by atoms with van der Waals surface area (Å²) in [4.78, 5) is 14.0. The fraction of sp³-hybridized carbons (Fsp3) is 0.333. The second-order valence-electron chi connectivity index (χ2n) is 9.12. The molecule has 1 atom stereocenters. The lowest BCUT2D eigenvalue weighted by Gasteiger charge is -2.41. The molecular formula is C27H30N6. The summed E-state index contributed by atoms with van der Waals surface area (Å²) in [6.07, 6.45) is 4.60. The number of anilines is 2. The molecule has 1 saturated heterocycles. The van der Waals surface area contributed by atoms with Crippen LogP contribution in [0.5, 0.6) is 0 Å². The van der Waals surface area contributed by atoms with E-state index in [9.17, 15) is 0 Å². The summed E-state index contributed by atoms with van der Waals surface area (Å²) in [5, 5.41) is 11.7. The van der Waals surface area contributed by atoms with Crippen molar-refractivity contribution in [2.45, 2.75) is 39.2 Å². The predicted octanol–water partition coefficient (Wildman–Crippen LogP) is 4.85. The van der Waals surface area contributed by atoms with E-state index < -0.39 is 0 Å². The molecule has 0 amide bonds. The van der Waals surface area contributed by atoms with Crippen molar-refractivity contribution in [3.63, 3.8) is 0 Å². The first-order valence-electron chi connectivity index (χ1n) is 11.7. The zero-order valence-electron chi connectivity index (χ0n) is 19.5. The summed E-state index contributed by atoms with van der Waals surface area (Å²) in [7, 11) is 0. The molecule has 0 radical (unpaired) electrons. The molecule has 3 heterocycles. The Morgan fingerprint density at radius 2 is 1.64 bits per heavy atom. The Labute approximate surface area is 195 Å². The number of hydrogen-bond donors (Lipinski definition) is 0. The van der Waals surface area contributed by atoms with Gasteiger partial charge >= 0.3 is 0 Å². The van der Waals surface area contributed by atoms with E-state index >= 15 is 0 Å². The van der Waals surface area contributed by atoms with E-state index in [1.165, 1.54) is 16.3 Å². The summed E-state index contributed by atoms with van der Waals surface area (Å²) < 4.78 is 0. The molecule has 4 aromatic rings. The van der Waals surface area contributed by atoms with E-state index in [4.69, 9.17) is 10.1 Å². The summed E-state index contributed by atoms with van der Waals surface area (Å²) in [5.74, 6) is 2.30. The van der Waals surface area contributed by atoms with Crippen LogP contribution in [0.1, 0.15) is 43.6 Å². The molecule has 5 rings (SSSR count). The van der Waals surface area contributed by atoms with Gasteiger partial charge in [-0.2, -0.15) is 5.10 Å². The van der Waals surface area contributed by atoms with Crippen LogP contribution in [0.25, 0.3) is 10.8 Å². The van der Waals surface area contributed by atoms with Gasteiger partial charge < -0.3 is 9.80 Å². The lowest BCUT2D eigenvalue weighted by molar-refractivity contribution is 0.541. The van der Waals surface area contributed by atoms with Gasteiger partial charge in [-0.3, -0.25) is 4.98 Å². The van der Waals surface area contributed by atoms with Crippen LogP contribution < -0.4 is 9.80 Å². The molecular weight excluding hydrogens is 408 g/mol. The molecule has 1 unspecified atom stereocenters. The van der Waals surface area contributed by atoms with Crippen LogP contribution in [0.3, 0.4) is 0 Å². The van der Waals surface area contributed by atoms with Crippen molar-refractivity contribution < 1.29 is 0 Å². The largest absolute Gasteiger partial charge is 0.351 e. The number of benzene rings is 2. The number of aromatic nitrogens is 4. The first-order valence-corrected chi connectivity index (χ1v) is 11.7. The summed E-state index contributed by atoms with van der Waals surface area (Å²) >= 11 is 0. The number of nitrogens with zero attached hydrogens (tertiary/aromatic N) is 6. The molecule has 0 spiro atoms. The Hall–Kier alpha value is -3.54. The standard InChI is InChI=1S/C27H30N6/c1-19(2)25-16-29-26(17-28-25)33-14-13-32(18-20(33)3)27-23-12-8-7-11-22(23)24(30-31-27)15-21-9-5-4-6-10-21/h4-12,16-17,19-20H,13-15,18H2,1-3H3. The zero-order chi connectivity index (χ0) is 22.8. The fourth-order valence-corrected chi connectivity index (χ4v) is 4.57. The van der Waals surface area contributed by atoms with Gasteiger partial charge in [0.2, 0.25) is 0 Å². The average Bonchev–Trinajstić information content (AvgIpc) is 2.85. The molecule has 6 nitrogen and oxygen atoms in total. The highest BCUT2D eigenvalue weighted by atomic mass is 15.3. The minimum absolute atomic E-state index is 0.294. The quantitative estimate of drug-likeness (QED) is 0.444. The number of piperazine rings is 1. The van der Waals surface area contributed by atoms with Gasteiger partial charge in [0.05, 0.1) is 23.8 Å². The van der Waals surface area contributed by atoms with Crippen molar-refractivity contribution >= 4 is 22.4 Å². The van der Waals surface area contributed by atoms with Crippen LogP contribution in [-0.2, 0) is 6.42 Å². The van der Waals surface area contributed by atoms with Crippen molar-refractivity contribution in [1.82, 2.24) is 20.2 Å². The van der Waals surface area contributed by atoms with Crippen LogP contribution in [0, 0.1) is 0 Å². The number of fused-ring (bicyclic) bond motifs is 1. The van der Waals surface area contributed by atoms with Gasteiger partial charge in [0.15, 0.2) is 5.82 Å². The molecule has 6 heteroatoms. The number of rotatable bonds is 5. The van der Waals surface area contributed by atoms with E-state index in [1.54, 1.807) is 0 Å². The van der Waals surface area contributed by atoms with Gasteiger partial charge in [-0.15, -0.1) is 5.10 Å². The van der Waals surface area contributed by atoms with E-state index in [-0.39, 0.29) is 0 Å². The van der Waals surface area contributed by atoms with Gasteiger partial charge in [0.1, 0.15) is 5.82 Å². The molecule has 33 heavy (non-hydrogen) atoms. The predicted molar refractivity (Wildman–Crippen MR) is 134 cm³/mol. The maximum atomic E-state index is 4.72. The summed E-state index contributed by atoms with van der Waals surface area (Å²) in [6.45, 7) is 9.13. The van der Waals surface area contributed by atoms with Gasteiger partial charge in [-0.05, 0) is 18.4 Å². The Bertz CT molecular complexity index is 1220. The highest BCUT2D eigenvalue weighted by Crippen LogP contribution is 2.29. The number of hydrogen-bond acceptors (Lipinski definition) is 6. The van der Waals surface area contributed by atoms with E-state index in [0.717, 1.165) is 49.1 Å². The van der Waals surface area contributed by atoms with E-state index in [1.807, 2.05) is 18.5 Å². The van der Waals surface area contributed by atoms with Crippen LogP contribution in [0.4, 0.5) is 11.6 Å². The van der Waals surface area contributed by atoms with Crippen molar-refractivity contribution in [1.29, 1.82) is 0 Å². The topological polar surface area (TPSA) is 58.0 Å². The Balaban J connectivity index is 1.38. The first-order chi connectivity index (χ1) is 16.1. The lowest BCUT2D eigenvalue weighted by Crippen LogP contribution is -2.52. The van der Waals surface area contributed by atoms with E-state index in [0.29, 0.717) is 12.0 Å². The normalized spacial score (nSPS) is 16.5. The molecule has 0 aliphatic carbocycles. The molecule has 2 aromatic carbocycles. The third-order valence-electron chi connectivity index (χ3n) is 6.43. The van der Waals surface area contributed by atoms with Crippen LogP contribution >= 0.6 is 0 Å². The fourth-order valence-electron chi connectivity index (χ4n) is 4.57. The second-order valence-corrected chi connectivity index (χ2v) is 9.12. The van der Waals surface area contributed by atoms with Gasteiger partial charge in [-0.25, -0.2) is 4.98 Å². The molecule has 1 aliphatic rings. The molecule has 2 aromatic heterocycles. The highest BCUT2D eigenvalue weighted by molar-refractivity contribution is 5.93. The molecule has 1 aliphatic heterocycles. The van der Waals surface area contributed by atoms with E-state index in [2.05, 4.69) is 89.2 Å². The molecule has 1 fully saturated rings. The van der Waals surface area contributed by atoms with Crippen LogP contribution in [0.15, 0.2) is 67.0 Å². The molecule has 0 N–H and O–H groups in total. The Morgan fingerprint density at radius 3 is 2.33 bits per heavy atom. The Kier molecular flexibility index (Phi) is 5.90. The van der Waals surface area contributed by atoms with Crippen LogP contribution in [-0.4, -0.2) is 45.8 Å². The zero-order valence-corrected chi connectivity index (χ0v) is 19.5. The third-order valence-corrected chi connectivity index (χ3v) is 6.43. The maximum Gasteiger partial charge on any atom is 0.159 e. The van der Waals surface area contributed by atoms with Crippen molar-refractivity contribution in [3.8, 4) is 0 Å². The van der Waals surface area contributed by atoms with Crippen molar-refractivity contribution in [3.05, 3.63) is 83.9 Å². The molecule has 168 valence electrons. The highest BCUT2D eigenvalue weighted by Gasteiger charge is 2.27. The summed E-state index contributed by atoms with van der Waals surface area (Å²) in [5.41, 5.74) is 3.30. The van der Waals surface area contributed by atoms with Crippen molar-refractivity contribution in [2.75, 3.05) is 29.4 Å². The van der Waals surface area contributed by atoms with Gasteiger partial charge in [0.25, 0.3) is 0 Å². The van der Waals surface area contributed by atoms with Gasteiger partial charge in [0, 0.05) is 42.9 Å². The monoisotopic (exact) mass is 438 g/mol. The van der Waals surface area contributed by atoms with Crippen LogP contribution in [0.2, 0.25) is 0 Å². The lowest BCUT2D eigenvalue weighted by atomic mass is 10.0. The second kappa shape index (κ2) is 9.14. The van der Waals surface area contributed by atoms with Gasteiger partial charge in [-0.1, -0.05) is 68.4 Å². The first kappa shape index (κ1) is 21.3. The van der Waals surface area contributed by atoms with Crippen molar-refractivity contribution in [2.24, 2.45) is 0 Å². The third kappa shape index (κ3) is 4.38. The minimum Gasteiger partial charge on any atom is -0.351 e.